The van der Waals surface area contributed by atoms with E-state index in [1.807, 2.05) is 13.8 Å². The zero-order valence-electron chi connectivity index (χ0n) is 17.9. The van der Waals surface area contributed by atoms with Gasteiger partial charge in [0.05, 0.1) is 5.92 Å². The molecule has 0 N–H and O–H groups in total. The summed E-state index contributed by atoms with van der Waals surface area (Å²) in [7, 11) is 0. The molecule has 0 aromatic carbocycles. The van der Waals surface area contributed by atoms with Crippen LogP contribution in [0.1, 0.15) is 32.5 Å². The maximum absolute atomic E-state index is 13.1. The van der Waals surface area contributed by atoms with Gasteiger partial charge in [-0.15, -0.1) is 15.3 Å². The zero-order chi connectivity index (χ0) is 23.5. The predicted octanol–water partition coefficient (Wildman–Crippen LogP) is 2.33. The molecule has 2 aromatic rings. The van der Waals surface area contributed by atoms with Crippen LogP contribution in [0.3, 0.4) is 0 Å². The van der Waals surface area contributed by atoms with Crippen LogP contribution in [-0.2, 0) is 20.5 Å². The van der Waals surface area contributed by atoms with E-state index in [0.29, 0.717) is 49.4 Å². The Morgan fingerprint density at radius 3 is 2.53 bits per heavy atom. The van der Waals surface area contributed by atoms with Gasteiger partial charge in [-0.25, -0.2) is 0 Å². The Morgan fingerprint density at radius 2 is 1.94 bits per heavy atom. The number of aromatic nitrogens is 4. The van der Waals surface area contributed by atoms with Gasteiger partial charge in [0.15, 0.2) is 12.3 Å². The Morgan fingerprint density at radius 1 is 1.25 bits per heavy atom. The number of likely N-dealkylation sites (N-methyl/N-ethyl adjacent to an activating group) is 1. The third kappa shape index (κ3) is 5.35. The van der Waals surface area contributed by atoms with Crippen molar-refractivity contribution in [1.29, 1.82) is 0 Å². The largest absolute Gasteiger partial charge is 0.455 e. The predicted molar refractivity (Wildman–Crippen MR) is 109 cm³/mol. The van der Waals surface area contributed by atoms with Crippen molar-refractivity contribution in [3.05, 3.63) is 30.1 Å². The molecule has 1 amide bonds. The Kier molecular flexibility index (Phi) is 6.99. The molecule has 0 unspecified atom stereocenters. The van der Waals surface area contributed by atoms with Crippen molar-refractivity contribution in [1.82, 2.24) is 24.7 Å². The molecule has 0 aliphatic carbocycles. The Labute approximate surface area is 182 Å². The highest BCUT2D eigenvalue weighted by Crippen LogP contribution is 2.28. The van der Waals surface area contributed by atoms with Gasteiger partial charge in [0.2, 0.25) is 0 Å². The second kappa shape index (κ2) is 9.53. The van der Waals surface area contributed by atoms with E-state index in [-0.39, 0.29) is 24.1 Å². The molecule has 0 saturated carbocycles. The minimum absolute atomic E-state index is 0.00280. The second-order valence-corrected chi connectivity index (χ2v) is 7.72. The molecule has 2 aromatic heterocycles. The number of piperidine rings is 1. The summed E-state index contributed by atoms with van der Waals surface area (Å²) in [6.07, 6.45) is -3.80. The summed E-state index contributed by atoms with van der Waals surface area (Å²) in [4.78, 5) is 27.9. The number of esters is 1. The maximum atomic E-state index is 13.1. The van der Waals surface area contributed by atoms with Crippen LogP contribution < -0.4 is 4.90 Å². The van der Waals surface area contributed by atoms with Gasteiger partial charge >= 0.3 is 12.1 Å². The molecule has 9 nitrogen and oxygen atoms in total. The molecule has 0 atom stereocenters. The molecule has 0 radical (unpaired) electrons. The first kappa shape index (κ1) is 23.5. The van der Waals surface area contributed by atoms with Crippen molar-refractivity contribution in [2.24, 2.45) is 5.92 Å². The van der Waals surface area contributed by atoms with Gasteiger partial charge in [-0.2, -0.15) is 17.7 Å². The lowest BCUT2D eigenvalue weighted by Crippen LogP contribution is -2.39. The summed E-state index contributed by atoms with van der Waals surface area (Å²) in [5.41, 5.74) is 0.830. The van der Waals surface area contributed by atoms with E-state index in [1.54, 1.807) is 15.9 Å². The van der Waals surface area contributed by atoms with E-state index >= 15 is 0 Å². The SMILES string of the molecule is C=C(C)CN(CC)C(=O)COC(=O)C1CCN(c2ccc3nnc(C(F)(F)F)n3n2)CC1. The monoisotopic (exact) mass is 454 g/mol. The van der Waals surface area contributed by atoms with Gasteiger partial charge in [-0.1, -0.05) is 12.2 Å². The van der Waals surface area contributed by atoms with E-state index in [9.17, 15) is 22.8 Å². The van der Waals surface area contributed by atoms with E-state index < -0.39 is 18.0 Å². The molecule has 1 aliphatic heterocycles. The van der Waals surface area contributed by atoms with Crippen molar-refractivity contribution in [2.45, 2.75) is 32.9 Å². The number of carbonyl (C=O) groups is 2. The summed E-state index contributed by atoms with van der Waals surface area (Å²) >= 11 is 0. The number of halogens is 3. The fourth-order valence-electron chi connectivity index (χ4n) is 3.51. The molecule has 174 valence electrons. The average molecular weight is 454 g/mol. The highest BCUT2D eigenvalue weighted by molar-refractivity contribution is 5.81. The van der Waals surface area contributed by atoms with Crippen LogP contribution in [0.15, 0.2) is 24.3 Å². The third-order valence-electron chi connectivity index (χ3n) is 5.19. The smallest absolute Gasteiger partial charge is 0.453 e. The first-order valence-corrected chi connectivity index (χ1v) is 10.2. The number of fused-ring (bicyclic) bond motifs is 1. The number of alkyl halides is 3. The molecular weight excluding hydrogens is 429 g/mol. The summed E-state index contributed by atoms with van der Waals surface area (Å²) in [6, 6.07) is 2.99. The number of nitrogens with zero attached hydrogens (tertiary/aromatic N) is 6. The lowest BCUT2D eigenvalue weighted by molar-refractivity contribution is -0.155. The van der Waals surface area contributed by atoms with E-state index in [4.69, 9.17) is 4.74 Å². The van der Waals surface area contributed by atoms with E-state index in [1.165, 1.54) is 6.07 Å². The normalized spacial score (nSPS) is 15.1. The van der Waals surface area contributed by atoms with Gasteiger partial charge in [-0.05, 0) is 38.8 Å². The van der Waals surface area contributed by atoms with Crippen LogP contribution in [0.4, 0.5) is 19.0 Å². The summed E-state index contributed by atoms with van der Waals surface area (Å²) in [5.74, 6) is -1.98. The standard InChI is InChI=1S/C20H25F3N6O3/c1-4-27(11-13(2)3)17(30)12-32-18(31)14-7-9-28(10-8-14)16-6-5-15-24-25-19(20(21,22)23)29(15)26-16/h5-6,14H,2,4,7-12H2,1,3H3. The fraction of sp³-hybridized carbons (Fsp3) is 0.550. The van der Waals surface area contributed by atoms with Gasteiger partial charge in [-0.3, -0.25) is 9.59 Å². The van der Waals surface area contributed by atoms with Gasteiger partial charge in [0.25, 0.3) is 11.7 Å². The number of hydrogen-bond donors (Lipinski definition) is 0. The molecule has 1 fully saturated rings. The van der Waals surface area contributed by atoms with Crippen LogP contribution in [0, 0.1) is 5.92 Å². The average Bonchev–Trinajstić information content (AvgIpc) is 3.19. The summed E-state index contributed by atoms with van der Waals surface area (Å²) in [6.45, 7) is 8.82. The second-order valence-electron chi connectivity index (χ2n) is 7.72. The quantitative estimate of drug-likeness (QED) is 0.468. The lowest BCUT2D eigenvalue weighted by Gasteiger charge is -2.31. The number of anilines is 1. The van der Waals surface area contributed by atoms with E-state index in [2.05, 4.69) is 21.9 Å². The first-order chi connectivity index (χ1) is 15.1. The highest BCUT2D eigenvalue weighted by Gasteiger charge is 2.38. The molecule has 0 spiro atoms. The van der Waals surface area contributed by atoms with Crippen LogP contribution in [0.5, 0.6) is 0 Å². The Balaban J connectivity index is 1.56. The van der Waals surface area contributed by atoms with Crippen LogP contribution in [0.25, 0.3) is 5.65 Å². The minimum atomic E-state index is -4.67. The molecule has 3 heterocycles. The molecule has 0 bridgehead atoms. The van der Waals surface area contributed by atoms with Gasteiger partial charge in [0.1, 0.15) is 5.82 Å². The Hall–Kier alpha value is -3.18. The third-order valence-corrected chi connectivity index (χ3v) is 5.19. The maximum Gasteiger partial charge on any atom is 0.453 e. The molecule has 32 heavy (non-hydrogen) atoms. The molecule has 1 aliphatic rings. The minimum Gasteiger partial charge on any atom is -0.455 e. The van der Waals surface area contributed by atoms with Crippen LogP contribution in [-0.4, -0.2) is 69.4 Å². The van der Waals surface area contributed by atoms with Crippen molar-refractivity contribution in [3.63, 3.8) is 0 Å². The van der Waals surface area contributed by atoms with Crippen LogP contribution in [0.2, 0.25) is 0 Å². The van der Waals surface area contributed by atoms with Crippen LogP contribution >= 0.6 is 0 Å². The number of hydrogen-bond acceptors (Lipinski definition) is 7. The van der Waals surface area contributed by atoms with Gasteiger partial charge in [0, 0.05) is 26.2 Å². The molecule has 1 saturated heterocycles. The van der Waals surface area contributed by atoms with Gasteiger partial charge < -0.3 is 14.5 Å². The summed E-state index contributed by atoms with van der Waals surface area (Å²) in [5, 5.41) is 10.7. The lowest BCUT2D eigenvalue weighted by atomic mass is 9.97. The number of ether oxygens (including phenoxy) is 1. The first-order valence-electron chi connectivity index (χ1n) is 10.2. The zero-order valence-corrected chi connectivity index (χ0v) is 17.9. The van der Waals surface area contributed by atoms with Crippen molar-refractivity contribution in [3.8, 4) is 0 Å². The van der Waals surface area contributed by atoms with E-state index in [0.717, 1.165) is 5.57 Å². The fourth-order valence-corrected chi connectivity index (χ4v) is 3.51. The number of amides is 1. The highest BCUT2D eigenvalue weighted by atomic mass is 19.4. The number of rotatable bonds is 7. The van der Waals surface area contributed by atoms with Crippen molar-refractivity contribution >= 4 is 23.3 Å². The molecule has 3 rings (SSSR count). The van der Waals surface area contributed by atoms with Crippen molar-refractivity contribution in [2.75, 3.05) is 37.7 Å². The summed E-state index contributed by atoms with van der Waals surface area (Å²) < 4.78 is 45.1. The van der Waals surface area contributed by atoms with Crippen molar-refractivity contribution < 1.29 is 27.5 Å². The number of carbonyl (C=O) groups excluding carboxylic acids is 2. The molecule has 12 heteroatoms. The Bertz CT molecular complexity index is 998. The topological polar surface area (TPSA) is 92.9 Å². The molecular formula is C20H25F3N6O3.